The van der Waals surface area contributed by atoms with Gasteiger partial charge in [0, 0.05) is 18.0 Å². The molecular weight excluding hydrogens is 474 g/mol. The number of hydrogen-bond donors (Lipinski definition) is 3. The zero-order valence-electron chi connectivity index (χ0n) is 22.3. The van der Waals surface area contributed by atoms with Gasteiger partial charge in [-0.15, -0.1) is 0 Å². The smallest absolute Gasteiger partial charge is 0.408 e. The second kappa shape index (κ2) is 12.8. The molecule has 0 aromatic heterocycles. The van der Waals surface area contributed by atoms with Crippen molar-refractivity contribution in [3.05, 3.63) is 64.7 Å². The van der Waals surface area contributed by atoms with Crippen molar-refractivity contribution in [2.24, 2.45) is 0 Å². The molecule has 36 heavy (non-hydrogen) atoms. The fourth-order valence-corrected chi connectivity index (χ4v) is 4.13. The van der Waals surface area contributed by atoms with Crippen LogP contribution >= 0.6 is 12.6 Å². The number of nitrogens with zero attached hydrogens (tertiary/aromatic N) is 1. The topological polar surface area (TPSA) is 87.7 Å². The lowest BCUT2D eigenvalue weighted by molar-refractivity contribution is -0.140. The zero-order chi connectivity index (χ0) is 27.0. The van der Waals surface area contributed by atoms with Crippen molar-refractivity contribution in [2.75, 3.05) is 17.6 Å². The Bertz CT molecular complexity index is 1080. The Morgan fingerprint density at radius 1 is 1.00 bits per heavy atom. The van der Waals surface area contributed by atoms with Crippen LogP contribution in [-0.2, 0) is 14.3 Å². The number of benzene rings is 2. The molecule has 3 amide bonds. The summed E-state index contributed by atoms with van der Waals surface area (Å²) in [6.07, 6.45) is -0.0878. The lowest BCUT2D eigenvalue weighted by Gasteiger charge is -2.35. The average molecular weight is 514 g/mol. The summed E-state index contributed by atoms with van der Waals surface area (Å²) in [6, 6.07) is 11.4. The van der Waals surface area contributed by atoms with Crippen LogP contribution in [0.1, 0.15) is 62.4 Å². The second-order valence-electron chi connectivity index (χ2n) is 9.91. The van der Waals surface area contributed by atoms with E-state index >= 15 is 0 Å². The summed E-state index contributed by atoms with van der Waals surface area (Å²) < 4.78 is 5.35. The fraction of sp³-hybridized carbons (Fsp3) is 0.464. The number of para-hydroxylation sites is 1. The maximum atomic E-state index is 13.8. The fourth-order valence-electron chi connectivity index (χ4n) is 3.88. The van der Waals surface area contributed by atoms with E-state index < -0.39 is 29.7 Å². The molecule has 8 heteroatoms. The third-order valence-electron chi connectivity index (χ3n) is 5.82. The van der Waals surface area contributed by atoms with Crippen LogP contribution in [0.2, 0.25) is 0 Å². The van der Waals surface area contributed by atoms with Crippen molar-refractivity contribution in [2.45, 2.75) is 72.6 Å². The van der Waals surface area contributed by atoms with Crippen LogP contribution in [0.25, 0.3) is 0 Å². The largest absolute Gasteiger partial charge is 0.444 e. The van der Waals surface area contributed by atoms with Crippen LogP contribution in [0.3, 0.4) is 0 Å². The van der Waals surface area contributed by atoms with Gasteiger partial charge in [-0.3, -0.25) is 9.59 Å². The minimum Gasteiger partial charge on any atom is -0.444 e. The van der Waals surface area contributed by atoms with Gasteiger partial charge in [0.1, 0.15) is 17.7 Å². The Balaban J connectivity index is 2.51. The Kier molecular flexibility index (Phi) is 10.4. The van der Waals surface area contributed by atoms with Gasteiger partial charge in [0.15, 0.2) is 0 Å². The molecule has 7 nitrogen and oxygen atoms in total. The van der Waals surface area contributed by atoms with Crippen molar-refractivity contribution in [1.29, 1.82) is 0 Å². The minimum atomic E-state index is -0.964. The van der Waals surface area contributed by atoms with Crippen molar-refractivity contribution in [3.63, 3.8) is 0 Å². The van der Waals surface area contributed by atoms with E-state index in [1.807, 2.05) is 70.2 Å². The summed E-state index contributed by atoms with van der Waals surface area (Å²) in [5.41, 5.74) is 3.56. The number of carbonyl (C=O) groups excluding carboxylic acids is 3. The summed E-state index contributed by atoms with van der Waals surface area (Å²) in [7, 11) is 0. The molecular formula is C28H39N3O4S. The summed E-state index contributed by atoms with van der Waals surface area (Å²) in [6.45, 7) is 13.3. The standard InChI is InChI=1S/C28H39N3O4S/c1-8-16-31(26(33)23(17-36)30-27(34)35-28(5,6)7)24(21-14-11-13-18(2)20(21)4)25(32)29-22-15-10-9-12-19(22)3/h9-15,23-24,36H,8,16-17H2,1-7H3,(H,29,32)(H,30,34). The molecule has 2 aromatic carbocycles. The summed E-state index contributed by atoms with van der Waals surface area (Å²) in [5, 5.41) is 5.65. The van der Waals surface area contributed by atoms with E-state index in [0.717, 1.165) is 22.3 Å². The third kappa shape index (κ3) is 7.75. The summed E-state index contributed by atoms with van der Waals surface area (Å²) >= 11 is 4.32. The third-order valence-corrected chi connectivity index (χ3v) is 6.19. The Morgan fingerprint density at radius 3 is 2.22 bits per heavy atom. The first-order valence-electron chi connectivity index (χ1n) is 12.2. The van der Waals surface area contributed by atoms with Gasteiger partial charge in [-0.05, 0) is 76.3 Å². The highest BCUT2D eigenvalue weighted by Crippen LogP contribution is 2.29. The van der Waals surface area contributed by atoms with E-state index in [0.29, 0.717) is 18.7 Å². The molecule has 2 N–H and O–H groups in total. The van der Waals surface area contributed by atoms with E-state index in [-0.39, 0.29) is 11.7 Å². The maximum absolute atomic E-state index is 13.8. The maximum Gasteiger partial charge on any atom is 0.408 e. The van der Waals surface area contributed by atoms with Crippen LogP contribution in [-0.4, -0.2) is 46.7 Å². The van der Waals surface area contributed by atoms with E-state index in [4.69, 9.17) is 4.74 Å². The zero-order valence-corrected chi connectivity index (χ0v) is 23.2. The van der Waals surface area contributed by atoms with Gasteiger partial charge in [-0.1, -0.05) is 43.3 Å². The van der Waals surface area contributed by atoms with Gasteiger partial charge in [-0.25, -0.2) is 4.79 Å². The highest BCUT2D eigenvalue weighted by molar-refractivity contribution is 7.80. The number of hydrogen-bond acceptors (Lipinski definition) is 5. The van der Waals surface area contributed by atoms with Crippen LogP contribution in [0.4, 0.5) is 10.5 Å². The van der Waals surface area contributed by atoms with Crippen molar-refractivity contribution < 1.29 is 19.1 Å². The molecule has 2 rings (SSSR count). The van der Waals surface area contributed by atoms with Gasteiger partial charge in [-0.2, -0.15) is 12.6 Å². The van der Waals surface area contributed by atoms with Gasteiger partial charge in [0.2, 0.25) is 5.91 Å². The highest BCUT2D eigenvalue weighted by atomic mass is 32.1. The van der Waals surface area contributed by atoms with Crippen LogP contribution in [0.5, 0.6) is 0 Å². The normalized spacial score (nSPS) is 12.9. The molecule has 196 valence electrons. The van der Waals surface area contributed by atoms with Crippen molar-refractivity contribution in [1.82, 2.24) is 10.2 Å². The lowest BCUT2D eigenvalue weighted by atomic mass is 9.95. The Hall–Kier alpha value is -3.00. The number of amides is 3. The number of anilines is 1. The van der Waals surface area contributed by atoms with Gasteiger partial charge in [0.25, 0.3) is 5.91 Å². The SMILES string of the molecule is CCCN(C(=O)C(CS)NC(=O)OC(C)(C)C)C(C(=O)Nc1ccccc1C)c1cccc(C)c1C. The van der Waals surface area contributed by atoms with Gasteiger partial charge < -0.3 is 20.3 Å². The van der Waals surface area contributed by atoms with Crippen LogP contribution in [0, 0.1) is 20.8 Å². The molecule has 0 fully saturated rings. The Labute approximate surface area is 220 Å². The van der Waals surface area contributed by atoms with Crippen LogP contribution in [0.15, 0.2) is 42.5 Å². The number of ether oxygens (including phenoxy) is 1. The molecule has 0 aliphatic carbocycles. The van der Waals surface area contributed by atoms with Crippen LogP contribution < -0.4 is 10.6 Å². The molecule has 2 atom stereocenters. The summed E-state index contributed by atoms with van der Waals surface area (Å²) in [5.74, 6) is -0.671. The molecule has 0 saturated heterocycles. The lowest BCUT2D eigenvalue weighted by Crippen LogP contribution is -2.53. The average Bonchev–Trinajstić information content (AvgIpc) is 2.79. The molecule has 2 aromatic rings. The number of rotatable bonds is 9. The van der Waals surface area contributed by atoms with Crippen molar-refractivity contribution >= 4 is 36.2 Å². The first-order chi connectivity index (χ1) is 16.9. The molecule has 0 aliphatic heterocycles. The predicted octanol–water partition coefficient (Wildman–Crippen LogP) is 5.35. The minimum absolute atomic E-state index is 0.0528. The van der Waals surface area contributed by atoms with Crippen molar-refractivity contribution in [3.8, 4) is 0 Å². The van der Waals surface area contributed by atoms with E-state index in [1.165, 1.54) is 4.90 Å². The van der Waals surface area contributed by atoms with E-state index in [9.17, 15) is 14.4 Å². The molecule has 0 bridgehead atoms. The molecule has 0 heterocycles. The molecule has 0 spiro atoms. The van der Waals surface area contributed by atoms with Gasteiger partial charge >= 0.3 is 6.09 Å². The summed E-state index contributed by atoms with van der Waals surface area (Å²) in [4.78, 5) is 41.6. The molecule has 0 saturated carbocycles. The monoisotopic (exact) mass is 513 g/mol. The predicted molar refractivity (Wildman–Crippen MR) is 147 cm³/mol. The molecule has 0 radical (unpaired) electrons. The molecule has 0 aliphatic rings. The van der Waals surface area contributed by atoms with Gasteiger partial charge in [0.05, 0.1) is 0 Å². The second-order valence-corrected chi connectivity index (χ2v) is 10.3. The number of carbonyl (C=O) groups is 3. The first kappa shape index (κ1) is 29.2. The van der Waals surface area contributed by atoms with E-state index in [2.05, 4.69) is 23.3 Å². The number of nitrogens with one attached hydrogen (secondary N) is 2. The number of thiol groups is 1. The number of aryl methyl sites for hydroxylation is 2. The quantitative estimate of drug-likeness (QED) is 0.394. The Morgan fingerprint density at radius 2 is 1.64 bits per heavy atom. The molecule has 2 unspecified atom stereocenters. The number of alkyl carbamates (subject to hydrolysis) is 1. The first-order valence-corrected chi connectivity index (χ1v) is 12.9. The highest BCUT2D eigenvalue weighted by Gasteiger charge is 2.36. The van der Waals surface area contributed by atoms with E-state index in [1.54, 1.807) is 20.8 Å².